The van der Waals surface area contributed by atoms with Crippen molar-refractivity contribution in [3.63, 3.8) is 0 Å². The summed E-state index contributed by atoms with van der Waals surface area (Å²) < 4.78 is 5.77. The molecule has 1 N–H and O–H groups in total. The van der Waals surface area contributed by atoms with Crippen molar-refractivity contribution in [2.75, 3.05) is 12.0 Å². The molecular formula is C23H30N2O2. The van der Waals surface area contributed by atoms with Crippen molar-refractivity contribution in [3.8, 4) is 5.75 Å². The zero-order valence-corrected chi connectivity index (χ0v) is 17.3. The standard InChI is InChI=1S/C23H30N2O2/c1-15-12-16(2)14-18(13-15)22(26)25(23(4,5)6)24-20-9-10-21-19(17(20)3)8-7-11-27-21/h9-10,12-14,24H,7-8,11H2,1-6H3. The molecule has 0 aromatic heterocycles. The van der Waals surface area contributed by atoms with Gasteiger partial charge in [0, 0.05) is 5.56 Å². The molecule has 0 fully saturated rings. The topological polar surface area (TPSA) is 41.6 Å². The van der Waals surface area contributed by atoms with E-state index < -0.39 is 0 Å². The Kier molecular flexibility index (Phi) is 5.18. The van der Waals surface area contributed by atoms with Gasteiger partial charge in [0.25, 0.3) is 5.91 Å². The first-order chi connectivity index (χ1) is 12.7. The number of amides is 1. The van der Waals surface area contributed by atoms with Crippen LogP contribution >= 0.6 is 0 Å². The molecule has 144 valence electrons. The zero-order valence-electron chi connectivity index (χ0n) is 17.3. The maximum absolute atomic E-state index is 13.3. The number of hydrogen-bond acceptors (Lipinski definition) is 3. The fourth-order valence-corrected chi connectivity index (χ4v) is 3.60. The van der Waals surface area contributed by atoms with E-state index in [1.807, 2.05) is 58.9 Å². The number of nitrogens with zero attached hydrogens (tertiary/aromatic N) is 1. The number of aryl methyl sites for hydroxylation is 2. The summed E-state index contributed by atoms with van der Waals surface area (Å²) >= 11 is 0. The average Bonchev–Trinajstić information content (AvgIpc) is 2.59. The smallest absolute Gasteiger partial charge is 0.272 e. The number of nitrogens with one attached hydrogen (secondary N) is 1. The second kappa shape index (κ2) is 7.26. The van der Waals surface area contributed by atoms with Crippen LogP contribution in [0.4, 0.5) is 5.69 Å². The van der Waals surface area contributed by atoms with Gasteiger partial charge in [-0.15, -0.1) is 0 Å². The predicted octanol–water partition coefficient (Wildman–Crippen LogP) is 5.20. The third-order valence-corrected chi connectivity index (χ3v) is 4.96. The van der Waals surface area contributed by atoms with Crippen molar-refractivity contribution in [2.45, 2.75) is 59.9 Å². The molecule has 1 heterocycles. The van der Waals surface area contributed by atoms with E-state index in [9.17, 15) is 4.79 Å². The van der Waals surface area contributed by atoms with Crippen molar-refractivity contribution in [1.82, 2.24) is 5.01 Å². The molecular weight excluding hydrogens is 336 g/mol. The van der Waals surface area contributed by atoms with E-state index >= 15 is 0 Å². The van der Waals surface area contributed by atoms with Gasteiger partial charge in [0.05, 0.1) is 17.8 Å². The molecule has 4 heteroatoms. The lowest BCUT2D eigenvalue weighted by Crippen LogP contribution is -2.49. The fraction of sp³-hybridized carbons (Fsp3) is 0.435. The lowest BCUT2D eigenvalue weighted by atomic mass is 9.99. The van der Waals surface area contributed by atoms with Gasteiger partial charge in [0.15, 0.2) is 0 Å². The van der Waals surface area contributed by atoms with Crippen LogP contribution in [-0.2, 0) is 6.42 Å². The summed E-state index contributed by atoms with van der Waals surface area (Å²) in [6, 6.07) is 9.99. The Bertz CT molecular complexity index is 845. The van der Waals surface area contributed by atoms with Crippen LogP contribution in [0.5, 0.6) is 5.75 Å². The molecule has 3 rings (SSSR count). The maximum atomic E-state index is 13.3. The fourth-order valence-electron chi connectivity index (χ4n) is 3.60. The first kappa shape index (κ1) is 19.3. The van der Waals surface area contributed by atoms with E-state index in [4.69, 9.17) is 4.74 Å². The Hall–Kier alpha value is -2.49. The summed E-state index contributed by atoms with van der Waals surface area (Å²) in [7, 11) is 0. The minimum atomic E-state index is -0.381. The number of rotatable bonds is 3. The Morgan fingerprint density at radius 1 is 1.07 bits per heavy atom. The molecule has 27 heavy (non-hydrogen) atoms. The second-order valence-corrected chi connectivity index (χ2v) is 8.47. The quantitative estimate of drug-likeness (QED) is 0.759. The number of benzene rings is 2. The molecule has 0 saturated carbocycles. The summed E-state index contributed by atoms with van der Waals surface area (Å²) in [6.45, 7) is 13.0. The minimum Gasteiger partial charge on any atom is -0.493 e. The molecule has 0 spiro atoms. The highest BCUT2D eigenvalue weighted by Gasteiger charge is 2.29. The van der Waals surface area contributed by atoms with Crippen molar-refractivity contribution in [3.05, 3.63) is 58.1 Å². The van der Waals surface area contributed by atoms with E-state index in [0.717, 1.165) is 47.6 Å². The highest BCUT2D eigenvalue weighted by molar-refractivity contribution is 5.96. The van der Waals surface area contributed by atoms with Gasteiger partial charge in [0.1, 0.15) is 5.75 Å². The number of carbonyl (C=O) groups is 1. The highest BCUT2D eigenvalue weighted by atomic mass is 16.5. The normalized spacial score (nSPS) is 13.6. The van der Waals surface area contributed by atoms with Gasteiger partial charge >= 0.3 is 0 Å². The van der Waals surface area contributed by atoms with E-state index in [1.54, 1.807) is 5.01 Å². The molecule has 1 amide bonds. The SMILES string of the molecule is Cc1cc(C)cc(C(=O)N(Nc2ccc3c(c2C)CCCO3)C(C)(C)C)c1. The second-order valence-electron chi connectivity index (χ2n) is 8.47. The molecule has 0 saturated heterocycles. The van der Waals surface area contributed by atoms with E-state index in [-0.39, 0.29) is 11.4 Å². The van der Waals surface area contributed by atoms with Gasteiger partial charge in [-0.25, -0.2) is 5.01 Å². The van der Waals surface area contributed by atoms with Gasteiger partial charge in [-0.05, 0) is 89.8 Å². The van der Waals surface area contributed by atoms with E-state index in [2.05, 4.69) is 18.4 Å². The largest absolute Gasteiger partial charge is 0.493 e. The van der Waals surface area contributed by atoms with Gasteiger partial charge in [0.2, 0.25) is 0 Å². The molecule has 0 unspecified atom stereocenters. The van der Waals surface area contributed by atoms with Gasteiger partial charge < -0.3 is 4.74 Å². The minimum absolute atomic E-state index is 0.0253. The van der Waals surface area contributed by atoms with E-state index in [1.165, 1.54) is 5.56 Å². The first-order valence-corrected chi connectivity index (χ1v) is 9.61. The Balaban J connectivity index is 1.96. The summed E-state index contributed by atoms with van der Waals surface area (Å²) in [4.78, 5) is 13.3. The lowest BCUT2D eigenvalue weighted by molar-refractivity contribution is 0.0652. The highest BCUT2D eigenvalue weighted by Crippen LogP contribution is 2.33. The van der Waals surface area contributed by atoms with Crippen molar-refractivity contribution in [2.24, 2.45) is 0 Å². The van der Waals surface area contributed by atoms with Crippen LogP contribution in [0.3, 0.4) is 0 Å². The number of anilines is 1. The number of ether oxygens (including phenoxy) is 1. The van der Waals surface area contributed by atoms with Crippen LogP contribution < -0.4 is 10.2 Å². The molecule has 1 aliphatic rings. The molecule has 0 radical (unpaired) electrons. The number of carbonyl (C=O) groups excluding carboxylic acids is 1. The third kappa shape index (κ3) is 4.10. The third-order valence-electron chi connectivity index (χ3n) is 4.96. The Morgan fingerprint density at radius 2 is 1.74 bits per heavy atom. The molecule has 1 aliphatic heterocycles. The van der Waals surface area contributed by atoms with Crippen molar-refractivity contribution < 1.29 is 9.53 Å². The molecule has 4 nitrogen and oxygen atoms in total. The zero-order chi connectivity index (χ0) is 19.8. The summed E-state index contributed by atoms with van der Waals surface area (Å²) in [5.74, 6) is 0.940. The van der Waals surface area contributed by atoms with Crippen molar-refractivity contribution in [1.29, 1.82) is 0 Å². The van der Waals surface area contributed by atoms with Crippen LogP contribution in [0.15, 0.2) is 30.3 Å². The van der Waals surface area contributed by atoms with Crippen LogP contribution in [0.2, 0.25) is 0 Å². The molecule has 2 aromatic rings. The van der Waals surface area contributed by atoms with Gasteiger partial charge in [-0.1, -0.05) is 17.2 Å². The summed E-state index contributed by atoms with van der Waals surface area (Å²) in [6.07, 6.45) is 2.04. The number of hydrazine groups is 1. The average molecular weight is 367 g/mol. The van der Waals surface area contributed by atoms with Gasteiger partial charge in [-0.3, -0.25) is 10.2 Å². The van der Waals surface area contributed by atoms with Crippen LogP contribution in [-0.4, -0.2) is 23.1 Å². The number of hydrogen-bond donors (Lipinski definition) is 1. The Morgan fingerprint density at radius 3 is 2.37 bits per heavy atom. The van der Waals surface area contributed by atoms with Crippen LogP contribution in [0, 0.1) is 20.8 Å². The van der Waals surface area contributed by atoms with Gasteiger partial charge in [-0.2, -0.15) is 0 Å². The monoisotopic (exact) mass is 366 g/mol. The molecule has 0 aliphatic carbocycles. The molecule has 0 bridgehead atoms. The summed E-state index contributed by atoms with van der Waals surface area (Å²) in [5.41, 5.74) is 9.24. The number of fused-ring (bicyclic) bond motifs is 1. The van der Waals surface area contributed by atoms with Crippen molar-refractivity contribution >= 4 is 11.6 Å². The summed E-state index contributed by atoms with van der Waals surface area (Å²) in [5, 5.41) is 1.74. The van der Waals surface area contributed by atoms with Crippen LogP contribution in [0.25, 0.3) is 0 Å². The van der Waals surface area contributed by atoms with E-state index in [0.29, 0.717) is 5.56 Å². The molecule has 0 atom stereocenters. The molecule has 2 aromatic carbocycles. The Labute approximate surface area is 162 Å². The first-order valence-electron chi connectivity index (χ1n) is 9.61. The van der Waals surface area contributed by atoms with Crippen LogP contribution in [0.1, 0.15) is 59.8 Å². The predicted molar refractivity (Wildman–Crippen MR) is 110 cm³/mol. The lowest BCUT2D eigenvalue weighted by Gasteiger charge is -2.37. The maximum Gasteiger partial charge on any atom is 0.272 e.